The van der Waals surface area contributed by atoms with Crippen LogP contribution in [0.15, 0.2) is 41.3 Å². The third-order valence-corrected chi connectivity index (χ3v) is 14.9. The van der Waals surface area contributed by atoms with Gasteiger partial charge in [0.25, 0.3) is 0 Å². The molecule has 1 fully saturated rings. The van der Waals surface area contributed by atoms with Crippen molar-refractivity contribution in [3.63, 3.8) is 0 Å². The predicted molar refractivity (Wildman–Crippen MR) is 144 cm³/mol. The summed E-state index contributed by atoms with van der Waals surface area (Å²) in [6.07, 6.45) is -1.49. The molecular formula is C25H30ClF2O9PS2. The fourth-order valence-electron chi connectivity index (χ4n) is 5.44. The molecular weight excluding hydrogens is 613 g/mol. The predicted octanol–water partition coefficient (Wildman–Crippen LogP) is 5.11. The van der Waals surface area contributed by atoms with Crippen LogP contribution in [0.2, 0.25) is 5.02 Å². The van der Waals surface area contributed by atoms with E-state index < -0.39 is 78.2 Å². The van der Waals surface area contributed by atoms with Crippen LogP contribution in [-0.2, 0) is 42.8 Å². The van der Waals surface area contributed by atoms with Crippen LogP contribution in [-0.4, -0.2) is 60.6 Å². The summed E-state index contributed by atoms with van der Waals surface area (Å²) in [6.45, 7) is 2.51. The minimum absolute atomic E-state index is 0.0233. The van der Waals surface area contributed by atoms with Crippen LogP contribution in [0.3, 0.4) is 0 Å². The molecule has 0 saturated carbocycles. The van der Waals surface area contributed by atoms with E-state index in [9.17, 15) is 25.8 Å². The third kappa shape index (κ3) is 5.84. The van der Waals surface area contributed by atoms with Gasteiger partial charge in [-0.25, -0.2) is 25.6 Å². The lowest BCUT2D eigenvalue weighted by atomic mass is 9.75. The fraction of sp³-hybridized carbons (Fsp3) is 0.520. The molecule has 40 heavy (non-hydrogen) atoms. The summed E-state index contributed by atoms with van der Waals surface area (Å²) in [6, 6.07) is 7.01. The molecule has 0 unspecified atom stereocenters. The Bertz CT molecular complexity index is 1490. The molecule has 222 valence electrons. The maximum atomic E-state index is 15.5. The van der Waals surface area contributed by atoms with E-state index in [1.54, 1.807) is 13.8 Å². The zero-order valence-corrected chi connectivity index (χ0v) is 25.1. The number of fused-ring (bicyclic) bond motifs is 3. The summed E-state index contributed by atoms with van der Waals surface area (Å²) in [5, 5.41) is 0.282. The lowest BCUT2D eigenvalue weighted by molar-refractivity contribution is -0.0732. The van der Waals surface area contributed by atoms with Crippen LogP contribution < -0.4 is 4.74 Å². The highest BCUT2D eigenvalue weighted by molar-refractivity contribution is 7.97. The van der Waals surface area contributed by atoms with Crippen molar-refractivity contribution in [2.75, 3.05) is 37.7 Å². The van der Waals surface area contributed by atoms with Gasteiger partial charge in [0.15, 0.2) is 36.7 Å². The van der Waals surface area contributed by atoms with Crippen molar-refractivity contribution in [3.05, 3.63) is 58.6 Å². The Balaban J connectivity index is 1.75. The van der Waals surface area contributed by atoms with Crippen LogP contribution in [0.4, 0.5) is 8.78 Å². The minimum atomic E-state index is -4.44. The summed E-state index contributed by atoms with van der Waals surface area (Å²) in [4.78, 5) is -0.166. The topological polar surface area (TPSA) is 122 Å². The van der Waals surface area contributed by atoms with E-state index in [1.165, 1.54) is 24.3 Å². The molecule has 0 radical (unpaired) electrons. The van der Waals surface area contributed by atoms with Gasteiger partial charge in [-0.3, -0.25) is 4.57 Å². The van der Waals surface area contributed by atoms with Gasteiger partial charge < -0.3 is 18.5 Å². The first-order chi connectivity index (χ1) is 18.8. The molecule has 2 aromatic carbocycles. The molecule has 4 rings (SSSR count). The maximum absolute atomic E-state index is 15.5. The summed E-state index contributed by atoms with van der Waals surface area (Å²) in [5.74, 6) is -4.05. The van der Waals surface area contributed by atoms with Gasteiger partial charge in [0.1, 0.15) is 10.6 Å². The molecule has 1 saturated heterocycles. The van der Waals surface area contributed by atoms with Crippen molar-refractivity contribution in [1.29, 1.82) is 0 Å². The summed E-state index contributed by atoms with van der Waals surface area (Å²) >= 11 is 5.96. The SMILES string of the molecule is CCOP(=O)(CS(=O)(=O)CC[C@@H]1OCC[C@@]2(S(=O)(=O)c3ccc(Cl)cc3)c3c(F)ccc(F)c3OC[C@@H]12)OCC. The van der Waals surface area contributed by atoms with E-state index >= 15 is 4.39 Å². The molecule has 0 N–H and O–H groups in total. The van der Waals surface area contributed by atoms with Gasteiger partial charge in [-0.1, -0.05) is 11.6 Å². The van der Waals surface area contributed by atoms with Crippen LogP contribution in [0.1, 0.15) is 32.3 Å². The van der Waals surface area contributed by atoms with Crippen molar-refractivity contribution in [2.45, 2.75) is 42.4 Å². The van der Waals surface area contributed by atoms with Crippen molar-refractivity contribution in [1.82, 2.24) is 0 Å². The normalized spacial score (nSPS) is 23.2. The van der Waals surface area contributed by atoms with Crippen LogP contribution in [0.25, 0.3) is 0 Å². The Morgan fingerprint density at radius 1 is 1.02 bits per heavy atom. The Hall–Kier alpha value is -1.60. The Kier molecular flexibility index (Phi) is 9.36. The van der Waals surface area contributed by atoms with Crippen LogP contribution in [0, 0.1) is 17.6 Å². The second kappa shape index (κ2) is 11.9. The van der Waals surface area contributed by atoms with Gasteiger partial charge >= 0.3 is 7.60 Å². The first-order valence-corrected chi connectivity index (χ1v) is 18.0. The third-order valence-electron chi connectivity index (χ3n) is 7.07. The average molecular weight is 643 g/mol. The van der Waals surface area contributed by atoms with Crippen molar-refractivity contribution in [3.8, 4) is 5.75 Å². The molecule has 2 aliphatic rings. The Labute approximate surface area is 237 Å². The summed E-state index contributed by atoms with van der Waals surface area (Å²) in [7, 11) is -12.4. The highest BCUT2D eigenvalue weighted by atomic mass is 35.5. The van der Waals surface area contributed by atoms with Crippen molar-refractivity contribution >= 4 is 38.9 Å². The number of halogens is 3. The first kappa shape index (κ1) is 31.3. The molecule has 0 amide bonds. The number of rotatable bonds is 11. The molecule has 15 heteroatoms. The van der Waals surface area contributed by atoms with Gasteiger partial charge in [0.2, 0.25) is 0 Å². The number of hydrogen-bond donors (Lipinski definition) is 0. The Morgan fingerprint density at radius 3 is 2.27 bits per heavy atom. The van der Waals surface area contributed by atoms with E-state index in [0.717, 1.165) is 12.1 Å². The second-order valence-corrected chi connectivity index (χ2v) is 16.8. The van der Waals surface area contributed by atoms with Crippen molar-refractivity contribution in [2.24, 2.45) is 5.92 Å². The number of sulfone groups is 2. The molecule has 9 nitrogen and oxygen atoms in total. The highest BCUT2D eigenvalue weighted by Gasteiger charge is 2.61. The van der Waals surface area contributed by atoms with Gasteiger partial charge in [-0.05, 0) is 63.1 Å². The number of hydrogen-bond acceptors (Lipinski definition) is 9. The summed E-state index contributed by atoms with van der Waals surface area (Å²) < 4.78 is 117. The molecule has 2 aliphatic heterocycles. The smallest absolute Gasteiger partial charge is 0.345 e. The van der Waals surface area contributed by atoms with Gasteiger partial charge in [0.05, 0.1) is 42.1 Å². The second-order valence-electron chi connectivity index (χ2n) is 9.47. The molecule has 0 bridgehead atoms. The van der Waals surface area contributed by atoms with Crippen LogP contribution >= 0.6 is 19.2 Å². The minimum Gasteiger partial charge on any atom is -0.490 e. The molecule has 0 aromatic heterocycles. The lowest BCUT2D eigenvalue weighted by Crippen LogP contribution is -2.57. The zero-order valence-electron chi connectivity index (χ0n) is 21.8. The first-order valence-electron chi connectivity index (χ1n) is 12.6. The van der Waals surface area contributed by atoms with Crippen LogP contribution in [0.5, 0.6) is 5.75 Å². The average Bonchev–Trinajstić information content (AvgIpc) is 2.89. The van der Waals surface area contributed by atoms with Crippen molar-refractivity contribution < 1.29 is 48.7 Å². The zero-order chi connectivity index (χ0) is 29.3. The van der Waals surface area contributed by atoms with Gasteiger partial charge in [-0.15, -0.1) is 0 Å². The monoisotopic (exact) mass is 642 g/mol. The van der Waals surface area contributed by atoms with E-state index in [2.05, 4.69) is 0 Å². The van der Waals surface area contributed by atoms with E-state index in [0.29, 0.717) is 0 Å². The van der Waals surface area contributed by atoms with E-state index in [4.69, 9.17) is 30.1 Å². The highest BCUT2D eigenvalue weighted by Crippen LogP contribution is 2.56. The maximum Gasteiger partial charge on any atom is 0.345 e. The fourth-order valence-corrected chi connectivity index (χ4v) is 12.4. The molecule has 2 aromatic rings. The molecule has 3 atom stereocenters. The Morgan fingerprint density at radius 2 is 1.65 bits per heavy atom. The lowest BCUT2D eigenvalue weighted by Gasteiger charge is -2.50. The largest absolute Gasteiger partial charge is 0.490 e. The van der Waals surface area contributed by atoms with E-state index in [-0.39, 0.29) is 49.2 Å². The quantitative estimate of drug-likeness (QED) is 0.308. The molecule has 0 spiro atoms. The van der Waals surface area contributed by atoms with Gasteiger partial charge in [0, 0.05) is 17.5 Å². The number of benzene rings is 2. The van der Waals surface area contributed by atoms with E-state index in [1.807, 2.05) is 0 Å². The number of ether oxygens (including phenoxy) is 2. The molecule has 2 heterocycles. The molecule has 0 aliphatic carbocycles. The summed E-state index contributed by atoms with van der Waals surface area (Å²) in [5.41, 5.74) is -1.32. The van der Waals surface area contributed by atoms with Gasteiger partial charge in [-0.2, -0.15) is 0 Å². The standard InChI is InChI=1S/C25H30ClF2O9PS2/c1-3-36-38(29,37-4-2)16-39(30,31)14-11-22-19-15-35-24-21(28)10-9-20(27)23(24)25(19,12-13-34-22)40(32,33)18-7-5-17(26)6-8-18/h5-10,19,22H,3-4,11-16H2,1-2H3/t19-,22-,25-/m0/s1.